The van der Waals surface area contributed by atoms with Crippen molar-refractivity contribution in [2.75, 3.05) is 26.4 Å². The van der Waals surface area contributed by atoms with E-state index in [9.17, 15) is 0 Å². The van der Waals surface area contributed by atoms with Crippen molar-refractivity contribution in [2.24, 2.45) is 5.92 Å². The summed E-state index contributed by atoms with van der Waals surface area (Å²) in [5, 5.41) is 14.8. The van der Waals surface area contributed by atoms with Crippen LogP contribution >= 0.6 is 0 Å². The lowest BCUT2D eigenvalue weighted by molar-refractivity contribution is -0.159. The molecule has 0 amide bonds. The number of fused-ring (bicyclic) bond motifs is 1. The summed E-state index contributed by atoms with van der Waals surface area (Å²) in [7, 11) is 0. The van der Waals surface area contributed by atoms with Gasteiger partial charge in [-0.15, -0.1) is 0 Å². The number of nitrogens with zero attached hydrogens (tertiary/aromatic N) is 1. The van der Waals surface area contributed by atoms with Gasteiger partial charge in [0.1, 0.15) is 0 Å². The van der Waals surface area contributed by atoms with Crippen LogP contribution in [0.15, 0.2) is 18.2 Å². The van der Waals surface area contributed by atoms with E-state index in [-0.39, 0.29) is 0 Å². The van der Waals surface area contributed by atoms with Crippen molar-refractivity contribution >= 4 is 11.9 Å². The SMILES string of the molecule is CC(C)CCC(CCN1CCCC1)c1ccc2c(c1)OCO2.O=C(O)C(=O)O. The van der Waals surface area contributed by atoms with Gasteiger partial charge < -0.3 is 24.6 Å². The molecule has 2 aliphatic rings. The van der Waals surface area contributed by atoms with Gasteiger partial charge in [-0.2, -0.15) is 0 Å². The molecule has 2 N–H and O–H groups in total. The Morgan fingerprint density at radius 2 is 1.64 bits per heavy atom. The lowest BCUT2D eigenvalue weighted by Gasteiger charge is -2.22. The third-order valence-corrected chi connectivity index (χ3v) is 5.14. The Balaban J connectivity index is 0.000000409. The topological polar surface area (TPSA) is 96.3 Å². The Bertz CT molecular complexity index is 642. The van der Waals surface area contributed by atoms with Crippen LogP contribution in [0.2, 0.25) is 0 Å². The minimum atomic E-state index is -1.82. The van der Waals surface area contributed by atoms with Gasteiger partial charge in [0.15, 0.2) is 11.5 Å². The van der Waals surface area contributed by atoms with Crippen LogP contribution in [0.3, 0.4) is 0 Å². The standard InChI is InChI=1S/C19H29NO2.C2H2O4/c1-15(2)5-6-16(9-12-20-10-3-4-11-20)17-7-8-18-19(13-17)22-14-21-18;3-1(4)2(5)6/h7-8,13,15-16H,3-6,9-12,14H2,1-2H3;(H,3,4)(H,5,6). The lowest BCUT2D eigenvalue weighted by atomic mass is 9.88. The summed E-state index contributed by atoms with van der Waals surface area (Å²) in [6.07, 6.45) is 6.57. The van der Waals surface area contributed by atoms with Gasteiger partial charge in [-0.1, -0.05) is 26.3 Å². The Hall–Kier alpha value is -2.28. The zero-order valence-corrected chi connectivity index (χ0v) is 16.7. The minimum absolute atomic E-state index is 0.364. The number of carboxylic acids is 2. The number of aliphatic carboxylic acids is 2. The van der Waals surface area contributed by atoms with E-state index in [0.29, 0.717) is 12.7 Å². The molecule has 0 radical (unpaired) electrons. The normalized spacial score (nSPS) is 16.5. The van der Waals surface area contributed by atoms with Crippen LogP contribution < -0.4 is 9.47 Å². The first-order chi connectivity index (χ1) is 13.4. The molecule has 0 aromatic heterocycles. The Labute approximate surface area is 166 Å². The van der Waals surface area contributed by atoms with Crippen LogP contribution in [0.4, 0.5) is 0 Å². The van der Waals surface area contributed by atoms with Crippen molar-refractivity contribution < 1.29 is 29.3 Å². The number of likely N-dealkylation sites (tertiary alicyclic amines) is 1. The highest BCUT2D eigenvalue weighted by atomic mass is 16.7. The predicted molar refractivity (Wildman–Crippen MR) is 105 cm³/mol. The minimum Gasteiger partial charge on any atom is -0.473 e. The van der Waals surface area contributed by atoms with Gasteiger partial charge in [-0.05, 0) is 74.8 Å². The number of ether oxygens (including phenoxy) is 2. The van der Waals surface area contributed by atoms with Crippen molar-refractivity contribution in [2.45, 2.75) is 51.9 Å². The van der Waals surface area contributed by atoms with E-state index in [1.54, 1.807) is 0 Å². The van der Waals surface area contributed by atoms with Crippen molar-refractivity contribution in [3.05, 3.63) is 23.8 Å². The van der Waals surface area contributed by atoms with Gasteiger partial charge in [0.05, 0.1) is 0 Å². The first-order valence-electron chi connectivity index (χ1n) is 9.95. The summed E-state index contributed by atoms with van der Waals surface area (Å²) in [6, 6.07) is 6.52. The van der Waals surface area contributed by atoms with E-state index in [1.807, 2.05) is 0 Å². The summed E-state index contributed by atoms with van der Waals surface area (Å²) < 4.78 is 11.0. The van der Waals surface area contributed by atoms with E-state index < -0.39 is 11.9 Å². The van der Waals surface area contributed by atoms with Crippen molar-refractivity contribution in [3.8, 4) is 11.5 Å². The second-order valence-electron chi connectivity index (χ2n) is 7.73. The number of benzene rings is 1. The maximum absolute atomic E-state index is 9.10. The largest absolute Gasteiger partial charge is 0.473 e. The molecular formula is C21H31NO6. The summed E-state index contributed by atoms with van der Waals surface area (Å²) in [6.45, 7) is 8.81. The van der Waals surface area contributed by atoms with Crippen LogP contribution in [0.25, 0.3) is 0 Å². The smallest absolute Gasteiger partial charge is 0.414 e. The molecule has 1 fully saturated rings. The molecule has 0 saturated carbocycles. The third-order valence-electron chi connectivity index (χ3n) is 5.14. The molecular weight excluding hydrogens is 362 g/mol. The molecule has 28 heavy (non-hydrogen) atoms. The van der Waals surface area contributed by atoms with E-state index in [1.165, 1.54) is 57.3 Å². The average Bonchev–Trinajstić information content (AvgIpc) is 3.33. The highest BCUT2D eigenvalue weighted by molar-refractivity contribution is 6.27. The van der Waals surface area contributed by atoms with Crippen molar-refractivity contribution in [3.63, 3.8) is 0 Å². The molecule has 156 valence electrons. The Kier molecular flexibility index (Phi) is 8.57. The third kappa shape index (κ3) is 7.03. The van der Waals surface area contributed by atoms with Crippen LogP contribution in [0.5, 0.6) is 11.5 Å². The van der Waals surface area contributed by atoms with Gasteiger partial charge >= 0.3 is 11.9 Å². The second kappa shape index (κ2) is 10.9. The number of carboxylic acid groups (broad SMARTS) is 2. The Morgan fingerprint density at radius 3 is 2.25 bits per heavy atom. The van der Waals surface area contributed by atoms with E-state index >= 15 is 0 Å². The molecule has 1 saturated heterocycles. The summed E-state index contributed by atoms with van der Waals surface area (Å²) in [5.74, 6) is -0.426. The lowest BCUT2D eigenvalue weighted by Crippen LogP contribution is -2.22. The summed E-state index contributed by atoms with van der Waals surface area (Å²) >= 11 is 0. The maximum Gasteiger partial charge on any atom is 0.414 e. The molecule has 3 rings (SSSR count). The molecule has 2 heterocycles. The number of carbonyl (C=O) groups is 2. The Morgan fingerprint density at radius 1 is 1.00 bits per heavy atom. The fraction of sp³-hybridized carbons (Fsp3) is 0.619. The second-order valence-corrected chi connectivity index (χ2v) is 7.73. The molecule has 0 bridgehead atoms. The molecule has 2 aliphatic heterocycles. The van der Waals surface area contributed by atoms with Gasteiger partial charge in [-0.3, -0.25) is 0 Å². The zero-order valence-electron chi connectivity index (χ0n) is 16.7. The first-order valence-corrected chi connectivity index (χ1v) is 9.95. The quantitative estimate of drug-likeness (QED) is 0.684. The van der Waals surface area contributed by atoms with Crippen molar-refractivity contribution in [1.29, 1.82) is 0 Å². The number of rotatable bonds is 7. The average molecular weight is 393 g/mol. The maximum atomic E-state index is 9.10. The highest BCUT2D eigenvalue weighted by Gasteiger charge is 2.20. The van der Waals surface area contributed by atoms with Crippen LogP contribution in [0.1, 0.15) is 57.4 Å². The summed E-state index contributed by atoms with van der Waals surface area (Å²) in [5.41, 5.74) is 1.42. The van der Waals surface area contributed by atoms with Gasteiger partial charge in [-0.25, -0.2) is 9.59 Å². The van der Waals surface area contributed by atoms with E-state index in [4.69, 9.17) is 29.3 Å². The fourth-order valence-corrected chi connectivity index (χ4v) is 3.52. The van der Waals surface area contributed by atoms with Gasteiger partial charge in [0.2, 0.25) is 6.79 Å². The highest BCUT2D eigenvalue weighted by Crippen LogP contribution is 2.37. The van der Waals surface area contributed by atoms with Crippen LogP contribution in [0, 0.1) is 5.92 Å². The first kappa shape index (κ1) is 22.0. The van der Waals surface area contributed by atoms with Crippen LogP contribution in [-0.2, 0) is 9.59 Å². The number of hydrogen-bond acceptors (Lipinski definition) is 5. The molecule has 0 spiro atoms. The molecule has 1 atom stereocenters. The van der Waals surface area contributed by atoms with Gasteiger partial charge in [0.25, 0.3) is 0 Å². The molecule has 0 aliphatic carbocycles. The molecule has 1 aromatic rings. The molecule has 7 heteroatoms. The molecule has 1 unspecified atom stereocenters. The van der Waals surface area contributed by atoms with Crippen molar-refractivity contribution in [1.82, 2.24) is 4.90 Å². The van der Waals surface area contributed by atoms with E-state index in [0.717, 1.165) is 17.4 Å². The van der Waals surface area contributed by atoms with E-state index in [2.05, 4.69) is 36.9 Å². The predicted octanol–water partition coefficient (Wildman–Crippen LogP) is 3.58. The van der Waals surface area contributed by atoms with Gasteiger partial charge in [0, 0.05) is 0 Å². The molecule has 7 nitrogen and oxygen atoms in total. The number of hydrogen-bond donors (Lipinski definition) is 2. The monoisotopic (exact) mass is 393 g/mol. The zero-order chi connectivity index (χ0) is 20.5. The van der Waals surface area contributed by atoms with Crippen LogP contribution in [-0.4, -0.2) is 53.5 Å². The fourth-order valence-electron chi connectivity index (χ4n) is 3.52. The summed E-state index contributed by atoms with van der Waals surface area (Å²) in [4.78, 5) is 20.8. The molecule has 1 aromatic carbocycles.